The number of ether oxygens (including phenoxy) is 5. The molecule has 0 radical (unpaired) electrons. The predicted molar refractivity (Wildman–Crippen MR) is 147 cm³/mol. The van der Waals surface area contributed by atoms with E-state index in [4.69, 9.17) is 23.7 Å². The third kappa shape index (κ3) is 4.86. The Morgan fingerprint density at radius 1 is 1.05 bits per heavy atom. The van der Waals surface area contributed by atoms with Crippen LogP contribution in [0.25, 0.3) is 5.76 Å². The molecular formula is C31H39NO10. The number of hydrogen-bond donors (Lipinski definition) is 2. The lowest BCUT2D eigenvalue weighted by Crippen LogP contribution is -2.72. The van der Waals surface area contributed by atoms with Crippen LogP contribution in [0.2, 0.25) is 0 Å². The minimum absolute atomic E-state index is 0.0371. The highest BCUT2D eigenvalue weighted by atomic mass is 16.6. The van der Waals surface area contributed by atoms with Crippen molar-refractivity contribution in [1.29, 1.82) is 0 Å². The van der Waals surface area contributed by atoms with Crippen LogP contribution in [0.5, 0.6) is 0 Å². The second-order valence-corrected chi connectivity index (χ2v) is 12.6. The van der Waals surface area contributed by atoms with Crippen molar-refractivity contribution < 1.29 is 48.3 Å². The SMILES string of the molecule is CC(=O)OC[C@@]1(C)C2C[C@H](OC(C)=O)[C@@]3(C)OC4=C(C(O)OC(c5cccnc5)=C4)[C@H](O)C3[C@@]2(C)CC[C@@H]1OC(C)=O. The number of aliphatic hydroxyl groups is 2. The Bertz CT molecular complexity index is 1330. The second-order valence-electron chi connectivity index (χ2n) is 12.6. The van der Waals surface area contributed by atoms with Gasteiger partial charge in [0.15, 0.2) is 0 Å². The number of carbonyl (C=O) groups excluding carboxylic acids is 3. The smallest absolute Gasteiger partial charge is 0.303 e. The van der Waals surface area contributed by atoms with E-state index >= 15 is 0 Å². The van der Waals surface area contributed by atoms with Gasteiger partial charge in [0.1, 0.15) is 35.9 Å². The topological polar surface area (TPSA) is 151 Å². The number of nitrogens with zero attached hydrogens (tertiary/aromatic N) is 1. The lowest BCUT2D eigenvalue weighted by molar-refractivity contribution is -0.280. The zero-order chi connectivity index (χ0) is 30.6. The fourth-order valence-corrected chi connectivity index (χ4v) is 8.15. The van der Waals surface area contributed by atoms with E-state index in [-0.39, 0.29) is 23.9 Å². The Morgan fingerprint density at radius 3 is 2.36 bits per heavy atom. The Kier molecular flexibility index (Phi) is 7.64. The number of allylic oxidation sites excluding steroid dienone is 1. The number of hydrogen-bond acceptors (Lipinski definition) is 11. The fraction of sp³-hybridized carbons (Fsp3) is 0.613. The third-order valence-corrected chi connectivity index (χ3v) is 9.85. The van der Waals surface area contributed by atoms with Crippen LogP contribution in [0, 0.1) is 22.7 Å². The van der Waals surface area contributed by atoms with Crippen LogP contribution < -0.4 is 0 Å². The molecule has 0 saturated heterocycles. The average molecular weight is 586 g/mol. The van der Waals surface area contributed by atoms with E-state index < -0.39 is 64.9 Å². The van der Waals surface area contributed by atoms with Crippen molar-refractivity contribution >= 4 is 23.7 Å². The molecular weight excluding hydrogens is 546 g/mol. The summed E-state index contributed by atoms with van der Waals surface area (Å²) in [5, 5.41) is 23.3. The highest BCUT2D eigenvalue weighted by Crippen LogP contribution is 2.66. The van der Waals surface area contributed by atoms with Gasteiger partial charge in [0.05, 0.1) is 11.7 Å². The third-order valence-electron chi connectivity index (χ3n) is 9.85. The van der Waals surface area contributed by atoms with Crippen molar-refractivity contribution in [2.24, 2.45) is 22.7 Å². The quantitative estimate of drug-likeness (QED) is 0.388. The molecule has 2 aliphatic carbocycles. The molecule has 42 heavy (non-hydrogen) atoms. The standard InChI is InChI=1S/C31H39NO10/c1-16(33)38-15-30(5)22-13-24(40-18(3)35)31(6)27(29(22,4)10-9-23(30)39-17(2)34)26(36)25-21(42-31)12-20(41-28(25)37)19-8-7-11-32-14-19/h7-8,11-12,14,22-24,26-28,36-37H,9-10,13,15H2,1-6H3/t22?,23-,24-,26-,27?,28?,29-,30-,31+/m0/s1. The first-order chi connectivity index (χ1) is 19.7. The van der Waals surface area contributed by atoms with Crippen molar-refractivity contribution in [1.82, 2.24) is 4.98 Å². The van der Waals surface area contributed by atoms with Gasteiger partial charge in [-0.15, -0.1) is 0 Å². The molecule has 3 heterocycles. The van der Waals surface area contributed by atoms with Crippen LogP contribution in [0.1, 0.15) is 66.4 Å². The Hall–Kier alpha value is -3.44. The molecule has 11 heteroatoms. The fourth-order valence-electron chi connectivity index (χ4n) is 8.15. The molecule has 9 atom stereocenters. The molecule has 2 saturated carbocycles. The number of esters is 3. The predicted octanol–water partition coefficient (Wildman–Crippen LogP) is 3.04. The summed E-state index contributed by atoms with van der Waals surface area (Å²) in [5.41, 5.74) is -1.99. The Balaban J connectivity index is 1.64. The van der Waals surface area contributed by atoms with Gasteiger partial charge in [-0.1, -0.05) is 13.8 Å². The van der Waals surface area contributed by atoms with E-state index in [2.05, 4.69) is 4.98 Å². The number of rotatable bonds is 5. The van der Waals surface area contributed by atoms with Crippen LogP contribution in [-0.4, -0.2) is 69.9 Å². The Morgan fingerprint density at radius 2 is 1.74 bits per heavy atom. The highest BCUT2D eigenvalue weighted by molar-refractivity contribution is 5.67. The summed E-state index contributed by atoms with van der Waals surface area (Å²) >= 11 is 0. The largest absolute Gasteiger partial charge is 0.483 e. The average Bonchev–Trinajstić information content (AvgIpc) is 2.90. The van der Waals surface area contributed by atoms with Crippen LogP contribution >= 0.6 is 0 Å². The zero-order valence-electron chi connectivity index (χ0n) is 24.8. The van der Waals surface area contributed by atoms with Crippen LogP contribution in [0.4, 0.5) is 0 Å². The summed E-state index contributed by atoms with van der Waals surface area (Å²) < 4.78 is 29.8. The summed E-state index contributed by atoms with van der Waals surface area (Å²) in [7, 11) is 0. The van der Waals surface area contributed by atoms with Crippen LogP contribution in [-0.2, 0) is 38.1 Å². The van der Waals surface area contributed by atoms with Crippen molar-refractivity contribution in [3.05, 3.63) is 47.5 Å². The van der Waals surface area contributed by atoms with E-state index in [9.17, 15) is 24.6 Å². The molecule has 0 aromatic carbocycles. The maximum atomic E-state index is 12.4. The van der Waals surface area contributed by atoms with Gasteiger partial charge in [-0.2, -0.15) is 0 Å². The summed E-state index contributed by atoms with van der Waals surface area (Å²) in [6.07, 6.45) is 1.94. The van der Waals surface area contributed by atoms with E-state index in [1.807, 2.05) is 20.8 Å². The lowest BCUT2D eigenvalue weighted by Gasteiger charge is -2.66. The Labute approximate surface area is 244 Å². The van der Waals surface area contributed by atoms with E-state index in [1.165, 1.54) is 20.8 Å². The van der Waals surface area contributed by atoms with Gasteiger partial charge in [-0.25, -0.2) is 0 Å². The highest BCUT2D eigenvalue weighted by Gasteiger charge is 2.71. The molecule has 5 rings (SSSR count). The summed E-state index contributed by atoms with van der Waals surface area (Å²) in [4.78, 5) is 40.6. The van der Waals surface area contributed by atoms with E-state index in [0.717, 1.165) is 0 Å². The molecule has 0 bridgehead atoms. The van der Waals surface area contributed by atoms with E-state index in [1.54, 1.807) is 30.6 Å². The molecule has 4 aliphatic rings. The van der Waals surface area contributed by atoms with Gasteiger partial charge in [0.2, 0.25) is 6.29 Å². The van der Waals surface area contributed by atoms with Gasteiger partial charge in [0.25, 0.3) is 0 Å². The summed E-state index contributed by atoms with van der Waals surface area (Å²) in [5.74, 6) is -1.92. The number of aliphatic hydroxyl groups excluding tert-OH is 2. The number of carbonyl (C=O) groups is 3. The first kappa shape index (κ1) is 30.0. The maximum Gasteiger partial charge on any atom is 0.303 e. The van der Waals surface area contributed by atoms with Crippen LogP contribution in [0.3, 0.4) is 0 Å². The van der Waals surface area contributed by atoms with Crippen molar-refractivity contribution in [3.63, 3.8) is 0 Å². The summed E-state index contributed by atoms with van der Waals surface area (Å²) in [6, 6.07) is 3.52. The van der Waals surface area contributed by atoms with Crippen molar-refractivity contribution in [2.45, 2.75) is 91.0 Å². The molecule has 11 nitrogen and oxygen atoms in total. The van der Waals surface area contributed by atoms with Gasteiger partial charge >= 0.3 is 17.9 Å². The lowest BCUT2D eigenvalue weighted by atomic mass is 9.42. The number of aromatic nitrogens is 1. The molecule has 2 fully saturated rings. The molecule has 1 aromatic heterocycles. The zero-order valence-corrected chi connectivity index (χ0v) is 24.8. The minimum Gasteiger partial charge on any atom is -0.483 e. The van der Waals surface area contributed by atoms with Crippen molar-refractivity contribution in [2.75, 3.05) is 6.61 Å². The maximum absolute atomic E-state index is 12.4. The number of fused-ring (bicyclic) bond motifs is 3. The molecule has 0 amide bonds. The number of pyridine rings is 1. The molecule has 1 aromatic rings. The molecule has 2 aliphatic heterocycles. The molecule has 228 valence electrons. The normalized spacial score (nSPS) is 38.8. The van der Waals surface area contributed by atoms with Crippen LogP contribution in [0.15, 0.2) is 41.9 Å². The van der Waals surface area contributed by atoms with Crippen molar-refractivity contribution in [3.8, 4) is 0 Å². The molecule has 0 spiro atoms. The van der Waals surface area contributed by atoms with Gasteiger partial charge in [0, 0.05) is 56.1 Å². The van der Waals surface area contributed by atoms with Gasteiger partial charge in [-0.3, -0.25) is 19.4 Å². The first-order valence-corrected chi connectivity index (χ1v) is 14.3. The van der Waals surface area contributed by atoms with E-state index in [0.29, 0.717) is 30.6 Å². The van der Waals surface area contributed by atoms with Gasteiger partial charge in [-0.05, 0) is 49.7 Å². The monoisotopic (exact) mass is 585 g/mol. The second kappa shape index (κ2) is 10.7. The summed E-state index contributed by atoms with van der Waals surface area (Å²) in [6.45, 7) is 9.69. The molecule has 2 N–H and O–H groups in total. The first-order valence-electron chi connectivity index (χ1n) is 14.3. The van der Waals surface area contributed by atoms with Gasteiger partial charge < -0.3 is 33.9 Å². The molecule has 3 unspecified atom stereocenters. The minimum atomic E-state index is -1.50.